The summed E-state index contributed by atoms with van der Waals surface area (Å²) in [5.74, 6) is 0.0870. The Kier molecular flexibility index (Phi) is 5.67. The zero-order chi connectivity index (χ0) is 19.7. The third kappa shape index (κ3) is 4.07. The van der Waals surface area contributed by atoms with Crippen molar-refractivity contribution >= 4 is 11.8 Å². The van der Waals surface area contributed by atoms with Gasteiger partial charge in [0.2, 0.25) is 11.8 Å². The van der Waals surface area contributed by atoms with E-state index in [0.29, 0.717) is 31.2 Å². The smallest absolute Gasteiger partial charge is 0.236 e. The number of benzene rings is 1. The van der Waals surface area contributed by atoms with Gasteiger partial charge in [0.05, 0.1) is 6.54 Å². The van der Waals surface area contributed by atoms with Crippen LogP contribution < -0.4 is 0 Å². The average molecular weight is 387 g/mol. The van der Waals surface area contributed by atoms with Crippen LogP contribution in [0.4, 0.5) is 4.39 Å². The molecule has 3 atom stereocenters. The lowest BCUT2D eigenvalue weighted by Gasteiger charge is -2.38. The third-order valence-corrected chi connectivity index (χ3v) is 6.58. The number of hydrogen-bond donors (Lipinski definition) is 0. The van der Waals surface area contributed by atoms with Crippen LogP contribution in [0.2, 0.25) is 0 Å². The molecule has 5 nitrogen and oxygen atoms in total. The van der Waals surface area contributed by atoms with Crippen LogP contribution in [-0.4, -0.2) is 71.8 Å². The quantitative estimate of drug-likeness (QED) is 0.797. The lowest BCUT2D eigenvalue weighted by Crippen LogP contribution is -2.53. The lowest BCUT2D eigenvalue weighted by atomic mass is 10.0. The van der Waals surface area contributed by atoms with E-state index in [1.54, 1.807) is 12.1 Å². The van der Waals surface area contributed by atoms with Crippen molar-refractivity contribution in [2.75, 3.05) is 39.3 Å². The Morgan fingerprint density at radius 2 is 1.82 bits per heavy atom. The van der Waals surface area contributed by atoms with Crippen LogP contribution in [0, 0.1) is 11.7 Å². The van der Waals surface area contributed by atoms with E-state index in [0.717, 1.165) is 38.9 Å². The summed E-state index contributed by atoms with van der Waals surface area (Å²) in [5, 5.41) is 0. The molecule has 6 heteroatoms. The average Bonchev–Trinajstić information content (AvgIpc) is 3.49. The van der Waals surface area contributed by atoms with Gasteiger partial charge in [-0.1, -0.05) is 18.2 Å². The Balaban J connectivity index is 1.25. The SMILES string of the molecule is CC1CCCCN1C(=O)CN1CCN(C(=O)C2CC2c2ccccc2F)CC1. The molecule has 4 rings (SSSR count). The van der Waals surface area contributed by atoms with E-state index < -0.39 is 0 Å². The van der Waals surface area contributed by atoms with Crippen molar-refractivity contribution in [1.82, 2.24) is 14.7 Å². The fraction of sp³-hybridized carbons (Fsp3) is 0.636. The summed E-state index contributed by atoms with van der Waals surface area (Å²) in [7, 11) is 0. The Bertz CT molecular complexity index is 732. The molecular formula is C22H30FN3O2. The number of rotatable bonds is 4. The molecule has 1 aromatic carbocycles. The van der Waals surface area contributed by atoms with E-state index in [-0.39, 0.29) is 29.5 Å². The Morgan fingerprint density at radius 3 is 2.54 bits per heavy atom. The Hall–Kier alpha value is -1.95. The van der Waals surface area contributed by atoms with Gasteiger partial charge in [0.25, 0.3) is 0 Å². The van der Waals surface area contributed by atoms with Gasteiger partial charge in [-0.3, -0.25) is 14.5 Å². The van der Waals surface area contributed by atoms with E-state index in [1.165, 1.54) is 12.5 Å². The largest absolute Gasteiger partial charge is 0.340 e. The number of hydrogen-bond acceptors (Lipinski definition) is 3. The number of nitrogens with zero attached hydrogens (tertiary/aromatic N) is 3. The number of piperazine rings is 1. The van der Waals surface area contributed by atoms with Gasteiger partial charge in [-0.25, -0.2) is 4.39 Å². The Labute approximate surface area is 166 Å². The van der Waals surface area contributed by atoms with Gasteiger partial charge in [0.15, 0.2) is 0 Å². The summed E-state index contributed by atoms with van der Waals surface area (Å²) < 4.78 is 13.9. The molecule has 1 aromatic rings. The first-order valence-corrected chi connectivity index (χ1v) is 10.6. The number of amides is 2. The second-order valence-electron chi connectivity index (χ2n) is 8.50. The van der Waals surface area contributed by atoms with Crippen molar-refractivity contribution in [3.05, 3.63) is 35.6 Å². The van der Waals surface area contributed by atoms with E-state index in [1.807, 2.05) is 15.9 Å². The van der Waals surface area contributed by atoms with Gasteiger partial charge in [-0.2, -0.15) is 0 Å². The van der Waals surface area contributed by atoms with Crippen LogP contribution in [0.25, 0.3) is 0 Å². The molecule has 2 amide bonds. The molecule has 0 N–H and O–H groups in total. The first-order valence-electron chi connectivity index (χ1n) is 10.6. The van der Waals surface area contributed by atoms with Crippen LogP contribution in [0.3, 0.4) is 0 Å². The number of likely N-dealkylation sites (tertiary alicyclic amines) is 1. The molecule has 2 saturated heterocycles. The van der Waals surface area contributed by atoms with Gasteiger partial charge >= 0.3 is 0 Å². The van der Waals surface area contributed by atoms with Gasteiger partial charge in [0, 0.05) is 44.7 Å². The number of carbonyl (C=O) groups excluding carboxylic acids is 2. The van der Waals surface area contributed by atoms with Gasteiger partial charge in [-0.05, 0) is 50.2 Å². The standard InChI is InChI=1S/C22H30FN3O2/c1-16-6-4-5-9-26(16)21(27)15-24-10-12-25(13-11-24)22(28)19-14-18(19)17-7-2-3-8-20(17)23/h2-3,7-8,16,18-19H,4-6,9-15H2,1H3. The molecule has 0 spiro atoms. The second kappa shape index (κ2) is 8.19. The molecule has 2 aliphatic heterocycles. The number of carbonyl (C=O) groups is 2. The molecule has 0 bridgehead atoms. The highest BCUT2D eigenvalue weighted by Gasteiger charge is 2.47. The van der Waals surface area contributed by atoms with E-state index in [4.69, 9.17) is 0 Å². The van der Waals surface area contributed by atoms with Crippen LogP contribution in [0.1, 0.15) is 44.1 Å². The predicted octanol–water partition coefficient (Wildman–Crippen LogP) is 2.47. The van der Waals surface area contributed by atoms with Crippen molar-refractivity contribution in [2.24, 2.45) is 5.92 Å². The highest BCUT2D eigenvalue weighted by atomic mass is 19.1. The van der Waals surface area contributed by atoms with Crippen LogP contribution in [-0.2, 0) is 9.59 Å². The van der Waals surface area contributed by atoms with Crippen molar-refractivity contribution in [2.45, 2.75) is 44.6 Å². The second-order valence-corrected chi connectivity index (χ2v) is 8.50. The molecule has 1 aliphatic carbocycles. The molecule has 0 aromatic heterocycles. The Morgan fingerprint density at radius 1 is 1.07 bits per heavy atom. The first kappa shape index (κ1) is 19.4. The molecule has 0 radical (unpaired) electrons. The van der Waals surface area contributed by atoms with Crippen molar-refractivity contribution in [3.63, 3.8) is 0 Å². The number of piperidine rings is 1. The molecule has 28 heavy (non-hydrogen) atoms. The minimum absolute atomic E-state index is 0.0221. The van der Waals surface area contributed by atoms with Gasteiger partial charge in [-0.15, -0.1) is 0 Å². The lowest BCUT2D eigenvalue weighted by molar-refractivity contribution is -0.137. The highest BCUT2D eigenvalue weighted by molar-refractivity contribution is 5.83. The van der Waals surface area contributed by atoms with E-state index in [9.17, 15) is 14.0 Å². The molecule has 1 saturated carbocycles. The summed E-state index contributed by atoms with van der Waals surface area (Å²) in [6.07, 6.45) is 4.15. The minimum Gasteiger partial charge on any atom is -0.340 e. The summed E-state index contributed by atoms with van der Waals surface area (Å²) in [6, 6.07) is 7.11. The number of halogens is 1. The monoisotopic (exact) mass is 387 g/mol. The van der Waals surface area contributed by atoms with Crippen LogP contribution >= 0.6 is 0 Å². The summed E-state index contributed by atoms with van der Waals surface area (Å²) >= 11 is 0. The molecule has 152 valence electrons. The van der Waals surface area contributed by atoms with Crippen LogP contribution in [0.15, 0.2) is 24.3 Å². The topological polar surface area (TPSA) is 43.9 Å². The zero-order valence-corrected chi connectivity index (χ0v) is 16.6. The van der Waals surface area contributed by atoms with E-state index >= 15 is 0 Å². The first-order chi connectivity index (χ1) is 13.5. The minimum atomic E-state index is -0.210. The fourth-order valence-corrected chi connectivity index (χ4v) is 4.70. The molecule has 2 heterocycles. The summed E-state index contributed by atoms with van der Waals surface area (Å²) in [5.41, 5.74) is 0.667. The maximum absolute atomic E-state index is 13.9. The van der Waals surface area contributed by atoms with Crippen LogP contribution in [0.5, 0.6) is 0 Å². The summed E-state index contributed by atoms with van der Waals surface area (Å²) in [6.45, 7) is 6.23. The zero-order valence-electron chi connectivity index (χ0n) is 16.6. The van der Waals surface area contributed by atoms with Gasteiger partial charge in [0.1, 0.15) is 5.82 Å². The molecule has 3 unspecified atom stereocenters. The highest BCUT2D eigenvalue weighted by Crippen LogP contribution is 2.49. The predicted molar refractivity (Wildman–Crippen MR) is 105 cm³/mol. The van der Waals surface area contributed by atoms with Crippen molar-refractivity contribution < 1.29 is 14.0 Å². The summed E-state index contributed by atoms with van der Waals surface area (Å²) in [4.78, 5) is 31.5. The normalized spacial score (nSPS) is 28.3. The van der Waals surface area contributed by atoms with Crippen molar-refractivity contribution in [1.29, 1.82) is 0 Å². The van der Waals surface area contributed by atoms with Crippen molar-refractivity contribution in [3.8, 4) is 0 Å². The maximum Gasteiger partial charge on any atom is 0.236 e. The molecule has 3 aliphatic rings. The molecule has 3 fully saturated rings. The van der Waals surface area contributed by atoms with E-state index in [2.05, 4.69) is 11.8 Å². The maximum atomic E-state index is 13.9. The molecular weight excluding hydrogens is 357 g/mol. The third-order valence-electron chi connectivity index (χ3n) is 6.58. The van der Waals surface area contributed by atoms with Gasteiger partial charge < -0.3 is 9.80 Å². The fourth-order valence-electron chi connectivity index (χ4n) is 4.70.